The smallest absolute Gasteiger partial charge is 0.412 e. The highest BCUT2D eigenvalue weighted by Crippen LogP contribution is 2.34. The molecule has 0 aliphatic heterocycles. The van der Waals surface area contributed by atoms with E-state index in [1.807, 2.05) is 0 Å². The van der Waals surface area contributed by atoms with Crippen LogP contribution in [0.2, 0.25) is 0 Å². The summed E-state index contributed by atoms with van der Waals surface area (Å²) in [4.78, 5) is 21.6. The van der Waals surface area contributed by atoms with Gasteiger partial charge in [-0.3, -0.25) is 4.79 Å². The Morgan fingerprint density at radius 1 is 0.862 bits per heavy atom. The highest BCUT2D eigenvalue weighted by atomic mass is 19.4. The molecule has 6 nitrogen and oxygen atoms in total. The molecule has 0 aliphatic rings. The summed E-state index contributed by atoms with van der Waals surface area (Å²) in [6, 6.07) is 8.04. The first-order valence-electron chi connectivity index (χ1n) is 7.71. The lowest BCUT2D eigenvalue weighted by molar-refractivity contribution is -0.275. The van der Waals surface area contributed by atoms with E-state index in [1.165, 1.54) is 24.3 Å². The van der Waals surface area contributed by atoms with E-state index in [2.05, 4.69) is 14.5 Å². The van der Waals surface area contributed by atoms with Crippen molar-refractivity contribution in [3.63, 3.8) is 0 Å². The van der Waals surface area contributed by atoms with Crippen molar-refractivity contribution >= 4 is 10.9 Å². The first-order valence-corrected chi connectivity index (χ1v) is 7.71. The number of ether oxygens (including phenoxy) is 2. The number of alkyl halides is 6. The molecule has 0 aliphatic carbocycles. The van der Waals surface area contributed by atoms with Gasteiger partial charge in [0.1, 0.15) is 24.0 Å². The van der Waals surface area contributed by atoms with E-state index in [4.69, 9.17) is 4.84 Å². The second-order valence-corrected chi connectivity index (χ2v) is 5.46. The summed E-state index contributed by atoms with van der Waals surface area (Å²) >= 11 is 0. The zero-order chi connectivity index (χ0) is 21.4. The molecule has 3 rings (SSSR count). The van der Waals surface area contributed by atoms with E-state index in [1.54, 1.807) is 0 Å². The lowest BCUT2D eigenvalue weighted by Gasteiger charge is -2.17. The first kappa shape index (κ1) is 20.3. The lowest BCUT2D eigenvalue weighted by Crippen LogP contribution is -2.29. The van der Waals surface area contributed by atoms with Crippen molar-refractivity contribution in [2.24, 2.45) is 0 Å². The van der Waals surface area contributed by atoms with E-state index in [0.717, 1.165) is 25.3 Å². The molecule has 0 amide bonds. The quantitative estimate of drug-likeness (QED) is 0.599. The zero-order valence-electron chi connectivity index (χ0n) is 14.3. The molecule has 0 unspecified atom stereocenters. The third-order valence-corrected chi connectivity index (χ3v) is 3.58. The van der Waals surface area contributed by atoms with Crippen molar-refractivity contribution in [1.82, 2.24) is 9.71 Å². The van der Waals surface area contributed by atoms with Crippen LogP contribution in [0, 0.1) is 0 Å². The van der Waals surface area contributed by atoms with Gasteiger partial charge in [0.2, 0.25) is 0 Å². The molecule has 0 spiro atoms. The largest absolute Gasteiger partial charge is 0.573 e. The summed E-state index contributed by atoms with van der Waals surface area (Å²) in [6.07, 6.45) is -10.1. The molecule has 12 heteroatoms. The van der Waals surface area contributed by atoms with E-state index in [9.17, 15) is 31.1 Å². The molecule has 3 aromatic rings. The fourth-order valence-electron chi connectivity index (χ4n) is 2.60. The molecular weight excluding hydrogens is 410 g/mol. The van der Waals surface area contributed by atoms with Gasteiger partial charge in [-0.05, 0) is 24.3 Å². The molecular formula is C17H10F6N2O4. The fourth-order valence-corrected chi connectivity index (χ4v) is 2.60. The van der Waals surface area contributed by atoms with Gasteiger partial charge < -0.3 is 14.3 Å². The topological polar surface area (TPSA) is 62.6 Å². The van der Waals surface area contributed by atoms with Crippen LogP contribution < -0.4 is 19.9 Å². The maximum Gasteiger partial charge on any atom is 0.573 e. The minimum Gasteiger partial charge on any atom is -0.412 e. The van der Waals surface area contributed by atoms with Gasteiger partial charge >= 0.3 is 12.7 Å². The molecule has 2 aromatic carbocycles. The van der Waals surface area contributed by atoms with Crippen molar-refractivity contribution in [2.45, 2.75) is 12.7 Å². The van der Waals surface area contributed by atoms with Gasteiger partial charge in [-0.1, -0.05) is 18.2 Å². The second-order valence-electron chi connectivity index (χ2n) is 5.46. The van der Waals surface area contributed by atoms with E-state index in [-0.39, 0.29) is 11.1 Å². The van der Waals surface area contributed by atoms with Gasteiger partial charge in [0, 0.05) is 0 Å². The van der Waals surface area contributed by atoms with Crippen molar-refractivity contribution in [3.05, 3.63) is 52.8 Å². The number of hydrogen-bond donors (Lipinski definition) is 0. The van der Waals surface area contributed by atoms with Crippen LogP contribution >= 0.6 is 0 Å². The van der Waals surface area contributed by atoms with Gasteiger partial charge in [0.25, 0.3) is 5.56 Å². The van der Waals surface area contributed by atoms with Crippen LogP contribution in [0.1, 0.15) is 0 Å². The van der Waals surface area contributed by atoms with Crippen LogP contribution in [0.4, 0.5) is 26.3 Å². The minimum atomic E-state index is -5.08. The molecule has 0 atom stereocenters. The van der Waals surface area contributed by atoms with Crippen LogP contribution in [0.3, 0.4) is 0 Å². The number of hydrogen-bond acceptors (Lipinski definition) is 5. The highest BCUT2D eigenvalue weighted by Gasteiger charge is 2.34. The molecule has 29 heavy (non-hydrogen) atoms. The van der Waals surface area contributed by atoms with Crippen molar-refractivity contribution < 1.29 is 40.7 Å². The Bertz CT molecular complexity index is 1110. The van der Waals surface area contributed by atoms with Crippen LogP contribution in [-0.4, -0.2) is 29.5 Å². The molecule has 0 fully saturated rings. The summed E-state index contributed by atoms with van der Waals surface area (Å²) in [6.45, 7) is 0. The monoisotopic (exact) mass is 420 g/mol. The van der Waals surface area contributed by atoms with Crippen LogP contribution in [0.5, 0.6) is 11.5 Å². The van der Waals surface area contributed by atoms with Gasteiger partial charge in [0.05, 0.1) is 11.1 Å². The van der Waals surface area contributed by atoms with Crippen LogP contribution in [-0.2, 0) is 0 Å². The SMILES string of the molecule is COn1c(-c2ccccc2OC(F)(F)F)nc2cccc(OC(F)(F)F)c2c1=O. The molecule has 1 aromatic heterocycles. The molecule has 0 radical (unpaired) electrons. The Labute approximate surface area is 157 Å². The molecule has 1 heterocycles. The summed E-state index contributed by atoms with van der Waals surface area (Å²) < 4.78 is 84.2. The Morgan fingerprint density at radius 3 is 2.07 bits per heavy atom. The average molecular weight is 420 g/mol. The van der Waals surface area contributed by atoms with Gasteiger partial charge in [-0.25, -0.2) is 4.98 Å². The number of nitrogens with zero attached hydrogens (tertiary/aromatic N) is 2. The normalized spacial score (nSPS) is 12.1. The third kappa shape index (κ3) is 4.36. The third-order valence-electron chi connectivity index (χ3n) is 3.58. The van der Waals surface area contributed by atoms with E-state index < -0.39 is 41.0 Å². The number of fused-ring (bicyclic) bond motifs is 1. The van der Waals surface area contributed by atoms with Gasteiger partial charge in [-0.15, -0.1) is 31.1 Å². The summed E-state index contributed by atoms with van der Waals surface area (Å²) in [5, 5.41) is -0.565. The number of para-hydroxylation sites is 1. The first-order chi connectivity index (χ1) is 13.5. The number of benzene rings is 2. The molecule has 0 saturated carbocycles. The maximum absolute atomic E-state index is 12.7. The fraction of sp³-hybridized carbons (Fsp3) is 0.176. The number of aromatic nitrogens is 2. The van der Waals surface area contributed by atoms with E-state index >= 15 is 0 Å². The Balaban J connectivity index is 2.28. The maximum atomic E-state index is 12.7. The van der Waals surface area contributed by atoms with Gasteiger partial charge in [0.15, 0.2) is 5.82 Å². The van der Waals surface area contributed by atoms with Crippen molar-refractivity contribution in [3.8, 4) is 22.9 Å². The molecule has 154 valence electrons. The predicted molar refractivity (Wildman–Crippen MR) is 87.3 cm³/mol. The predicted octanol–water partition coefficient (Wildman–Crippen LogP) is 3.92. The standard InChI is InChI=1S/C17H10F6N2O4/c1-27-25-14(9-5-2-3-7-11(9)28-16(18,19)20)24-10-6-4-8-12(13(10)15(25)26)29-17(21,22)23/h2-8H,1H3. The number of rotatable bonds is 4. The average Bonchev–Trinajstić information content (AvgIpc) is 2.59. The lowest BCUT2D eigenvalue weighted by atomic mass is 10.1. The van der Waals surface area contributed by atoms with Crippen LogP contribution in [0.15, 0.2) is 47.3 Å². The second kappa shape index (κ2) is 7.18. The van der Waals surface area contributed by atoms with Crippen molar-refractivity contribution in [2.75, 3.05) is 7.11 Å². The Morgan fingerprint density at radius 2 is 1.45 bits per heavy atom. The van der Waals surface area contributed by atoms with E-state index in [0.29, 0.717) is 4.73 Å². The van der Waals surface area contributed by atoms with Gasteiger partial charge in [-0.2, -0.15) is 0 Å². The van der Waals surface area contributed by atoms with Crippen LogP contribution in [0.25, 0.3) is 22.3 Å². The molecule has 0 bridgehead atoms. The zero-order valence-corrected chi connectivity index (χ0v) is 14.3. The Hall–Kier alpha value is -3.44. The Kier molecular flexibility index (Phi) is 5.03. The highest BCUT2D eigenvalue weighted by molar-refractivity contribution is 5.86. The number of halogens is 6. The summed E-state index contributed by atoms with van der Waals surface area (Å²) in [5.41, 5.74) is -1.64. The minimum absolute atomic E-state index is 0.248. The summed E-state index contributed by atoms with van der Waals surface area (Å²) in [5.74, 6) is -1.92. The van der Waals surface area contributed by atoms with Crippen molar-refractivity contribution in [1.29, 1.82) is 0 Å². The molecule has 0 saturated heterocycles. The molecule has 0 N–H and O–H groups in total. The summed E-state index contributed by atoms with van der Waals surface area (Å²) in [7, 11) is 0.999.